The molecule has 6 nitrogen and oxygen atoms in total. The first-order chi connectivity index (χ1) is 12.2. The number of carbonyl (C=O) groups excluding carboxylic acids is 1. The quantitative estimate of drug-likeness (QED) is 0.491. The SMILES string of the molecule is COC(=O)c1c(SCc2ccc(Cl)cc2)nsc1Nc1ncccn1. The Hall–Kier alpha value is -2.16. The van der Waals surface area contributed by atoms with Gasteiger partial charge >= 0.3 is 5.97 Å². The maximum atomic E-state index is 12.2. The molecule has 0 amide bonds. The van der Waals surface area contributed by atoms with E-state index in [2.05, 4.69) is 19.7 Å². The van der Waals surface area contributed by atoms with E-state index in [0.717, 1.165) is 5.56 Å². The Kier molecular flexibility index (Phi) is 5.85. The minimum atomic E-state index is -0.453. The number of benzene rings is 1. The highest BCUT2D eigenvalue weighted by atomic mass is 35.5. The summed E-state index contributed by atoms with van der Waals surface area (Å²) in [6.07, 6.45) is 3.23. The fraction of sp³-hybridized carbons (Fsp3) is 0.125. The van der Waals surface area contributed by atoms with E-state index in [1.807, 2.05) is 24.3 Å². The fourth-order valence-corrected chi connectivity index (χ4v) is 3.95. The number of hydrogen-bond acceptors (Lipinski definition) is 8. The summed E-state index contributed by atoms with van der Waals surface area (Å²) >= 11 is 8.52. The van der Waals surface area contributed by atoms with Crippen molar-refractivity contribution in [1.82, 2.24) is 14.3 Å². The smallest absolute Gasteiger partial charge is 0.343 e. The Balaban J connectivity index is 1.81. The Morgan fingerprint density at radius 2 is 2.00 bits per heavy atom. The Bertz CT molecular complexity index is 856. The van der Waals surface area contributed by atoms with E-state index in [-0.39, 0.29) is 0 Å². The molecule has 1 aromatic carbocycles. The molecular weight excluding hydrogens is 380 g/mol. The van der Waals surface area contributed by atoms with E-state index >= 15 is 0 Å². The van der Waals surface area contributed by atoms with Crippen LogP contribution in [0.3, 0.4) is 0 Å². The number of carbonyl (C=O) groups is 1. The van der Waals surface area contributed by atoms with Gasteiger partial charge < -0.3 is 10.1 Å². The van der Waals surface area contributed by atoms with Crippen LogP contribution >= 0.6 is 34.9 Å². The van der Waals surface area contributed by atoms with Gasteiger partial charge in [0, 0.05) is 23.2 Å². The Morgan fingerprint density at radius 3 is 2.68 bits per heavy atom. The van der Waals surface area contributed by atoms with Crippen LogP contribution in [0, 0.1) is 0 Å². The molecule has 3 rings (SSSR count). The van der Waals surface area contributed by atoms with Gasteiger partial charge in [-0.3, -0.25) is 0 Å². The van der Waals surface area contributed by atoms with Crippen molar-refractivity contribution in [3.8, 4) is 0 Å². The van der Waals surface area contributed by atoms with Crippen LogP contribution in [0.1, 0.15) is 15.9 Å². The molecule has 0 saturated carbocycles. The summed E-state index contributed by atoms with van der Waals surface area (Å²) in [6, 6.07) is 9.26. The van der Waals surface area contributed by atoms with Gasteiger partial charge in [-0.05, 0) is 35.3 Å². The van der Waals surface area contributed by atoms with E-state index in [9.17, 15) is 4.79 Å². The number of halogens is 1. The van der Waals surface area contributed by atoms with Crippen LogP contribution in [-0.4, -0.2) is 27.4 Å². The molecule has 25 heavy (non-hydrogen) atoms. The monoisotopic (exact) mass is 392 g/mol. The number of nitrogens with one attached hydrogen (secondary N) is 1. The average molecular weight is 393 g/mol. The number of hydrogen-bond donors (Lipinski definition) is 1. The van der Waals surface area contributed by atoms with E-state index in [4.69, 9.17) is 16.3 Å². The van der Waals surface area contributed by atoms with Crippen molar-refractivity contribution in [2.24, 2.45) is 0 Å². The summed E-state index contributed by atoms with van der Waals surface area (Å²) in [6.45, 7) is 0. The zero-order valence-electron chi connectivity index (χ0n) is 13.1. The van der Waals surface area contributed by atoms with Crippen LogP contribution in [0.25, 0.3) is 0 Å². The van der Waals surface area contributed by atoms with E-state index in [1.54, 1.807) is 18.5 Å². The molecule has 0 aliphatic carbocycles. The van der Waals surface area contributed by atoms with Gasteiger partial charge in [0.1, 0.15) is 15.6 Å². The third-order valence-electron chi connectivity index (χ3n) is 3.13. The van der Waals surface area contributed by atoms with Crippen molar-refractivity contribution >= 4 is 51.8 Å². The maximum absolute atomic E-state index is 12.2. The summed E-state index contributed by atoms with van der Waals surface area (Å²) in [5, 5.41) is 4.86. The lowest BCUT2D eigenvalue weighted by molar-refractivity contribution is 0.0598. The number of ether oxygens (including phenoxy) is 1. The van der Waals surface area contributed by atoms with Crippen LogP contribution in [-0.2, 0) is 10.5 Å². The molecule has 0 aliphatic rings. The molecule has 2 heterocycles. The molecule has 3 aromatic rings. The number of nitrogens with zero attached hydrogens (tertiary/aromatic N) is 3. The molecule has 0 fully saturated rings. The summed E-state index contributed by atoms with van der Waals surface area (Å²) in [5.74, 6) is 0.600. The Labute approximate surface area is 157 Å². The number of thioether (sulfide) groups is 1. The van der Waals surface area contributed by atoms with Gasteiger partial charge in [-0.25, -0.2) is 14.8 Å². The first kappa shape index (κ1) is 17.7. The predicted molar refractivity (Wildman–Crippen MR) is 99.8 cm³/mol. The second-order valence-corrected chi connectivity index (χ2v) is 6.97. The number of aromatic nitrogens is 3. The second-order valence-electron chi connectivity index (χ2n) is 4.80. The average Bonchev–Trinajstić information content (AvgIpc) is 3.04. The first-order valence-electron chi connectivity index (χ1n) is 7.16. The van der Waals surface area contributed by atoms with Crippen LogP contribution in [0.2, 0.25) is 5.02 Å². The topological polar surface area (TPSA) is 77.0 Å². The zero-order chi connectivity index (χ0) is 17.6. The largest absolute Gasteiger partial charge is 0.465 e. The van der Waals surface area contributed by atoms with Gasteiger partial charge in [0.05, 0.1) is 7.11 Å². The van der Waals surface area contributed by atoms with Crippen LogP contribution < -0.4 is 5.32 Å². The molecule has 0 unspecified atom stereocenters. The van der Waals surface area contributed by atoms with Crippen molar-refractivity contribution in [3.05, 3.63) is 58.9 Å². The van der Waals surface area contributed by atoms with Gasteiger partial charge in [-0.1, -0.05) is 35.5 Å². The van der Waals surface area contributed by atoms with Gasteiger partial charge in [-0.2, -0.15) is 4.37 Å². The number of anilines is 2. The minimum absolute atomic E-state index is 0.388. The number of rotatable bonds is 6. The van der Waals surface area contributed by atoms with Crippen molar-refractivity contribution in [1.29, 1.82) is 0 Å². The molecule has 0 aliphatic heterocycles. The van der Waals surface area contributed by atoms with Crippen LogP contribution in [0.5, 0.6) is 0 Å². The van der Waals surface area contributed by atoms with Gasteiger partial charge in [0.2, 0.25) is 5.95 Å². The summed E-state index contributed by atoms with van der Waals surface area (Å²) < 4.78 is 9.27. The number of esters is 1. The van der Waals surface area contributed by atoms with Crippen molar-refractivity contribution < 1.29 is 9.53 Å². The molecular formula is C16H13ClN4O2S2. The normalized spacial score (nSPS) is 10.5. The third kappa shape index (κ3) is 4.47. The van der Waals surface area contributed by atoms with Crippen LogP contribution in [0.15, 0.2) is 47.8 Å². The highest BCUT2D eigenvalue weighted by Crippen LogP contribution is 2.35. The summed E-state index contributed by atoms with van der Waals surface area (Å²) in [4.78, 5) is 20.4. The lowest BCUT2D eigenvalue weighted by atomic mass is 10.2. The van der Waals surface area contributed by atoms with Gasteiger partial charge in [-0.15, -0.1) is 0 Å². The molecule has 0 spiro atoms. The zero-order valence-corrected chi connectivity index (χ0v) is 15.5. The molecule has 128 valence electrons. The van der Waals surface area contributed by atoms with Crippen molar-refractivity contribution in [3.63, 3.8) is 0 Å². The molecule has 0 saturated heterocycles. The van der Waals surface area contributed by atoms with Crippen LogP contribution in [0.4, 0.5) is 10.9 Å². The van der Waals surface area contributed by atoms with Gasteiger partial charge in [0.15, 0.2) is 0 Å². The van der Waals surface area contributed by atoms with E-state index in [0.29, 0.717) is 32.3 Å². The fourth-order valence-electron chi connectivity index (χ4n) is 1.94. The minimum Gasteiger partial charge on any atom is -0.465 e. The van der Waals surface area contributed by atoms with Gasteiger partial charge in [0.25, 0.3) is 0 Å². The van der Waals surface area contributed by atoms with E-state index in [1.165, 1.54) is 30.4 Å². The highest BCUT2D eigenvalue weighted by molar-refractivity contribution is 7.98. The lowest BCUT2D eigenvalue weighted by Crippen LogP contribution is -2.05. The standard InChI is InChI=1S/C16H13ClN4O2S2/c1-23-15(22)12-13(20-16-18-7-2-8-19-16)25-21-14(12)24-9-10-3-5-11(17)6-4-10/h2-8H,9H2,1H3,(H,18,19,20). The summed E-state index contributed by atoms with van der Waals surface area (Å²) in [7, 11) is 1.34. The third-order valence-corrected chi connectivity index (χ3v) is 5.31. The van der Waals surface area contributed by atoms with E-state index < -0.39 is 5.97 Å². The molecule has 1 N–H and O–H groups in total. The second kappa shape index (κ2) is 8.28. The molecule has 2 aromatic heterocycles. The predicted octanol–water partition coefficient (Wildman–Crippen LogP) is 4.41. The molecule has 9 heteroatoms. The van der Waals surface area contributed by atoms with Crippen molar-refractivity contribution in [2.75, 3.05) is 12.4 Å². The molecule has 0 atom stereocenters. The lowest BCUT2D eigenvalue weighted by Gasteiger charge is -2.05. The van der Waals surface area contributed by atoms with Crippen molar-refractivity contribution in [2.45, 2.75) is 10.8 Å². The highest BCUT2D eigenvalue weighted by Gasteiger charge is 2.22. The first-order valence-corrected chi connectivity index (χ1v) is 9.30. The number of methoxy groups -OCH3 is 1. The molecule has 0 bridgehead atoms. The molecule has 0 radical (unpaired) electrons. The summed E-state index contributed by atoms with van der Waals surface area (Å²) in [5.41, 5.74) is 1.47. The maximum Gasteiger partial charge on any atom is 0.343 e. The Morgan fingerprint density at radius 1 is 1.28 bits per heavy atom.